The average Bonchev–Trinajstić information content (AvgIpc) is 2.26. The van der Waals surface area contributed by atoms with E-state index in [4.69, 9.17) is 0 Å². The van der Waals surface area contributed by atoms with Crippen molar-refractivity contribution < 1.29 is 18.8 Å². The maximum atomic E-state index is 12.7. The number of esters is 1. The molecule has 0 saturated heterocycles. The lowest BCUT2D eigenvalue weighted by atomic mass is 10.2. The molecule has 0 atom stereocenters. The molecule has 1 aromatic carbocycles. The van der Waals surface area contributed by atoms with Gasteiger partial charge in [-0.05, 0) is 18.1 Å². The van der Waals surface area contributed by atoms with Gasteiger partial charge in [-0.15, -0.1) is 0 Å². The van der Waals surface area contributed by atoms with Crippen LogP contribution in [-0.4, -0.2) is 18.0 Å². The van der Waals surface area contributed by atoms with Crippen LogP contribution in [0.15, 0.2) is 18.2 Å². The Morgan fingerprint density at radius 1 is 1.56 bits per heavy atom. The molecule has 6 heteroatoms. The minimum absolute atomic E-state index is 0.0446. The third kappa shape index (κ3) is 2.78. The van der Waals surface area contributed by atoms with E-state index >= 15 is 0 Å². The fourth-order valence-electron chi connectivity index (χ4n) is 0.931. The molecule has 0 fully saturated rings. The first-order chi connectivity index (χ1) is 7.54. The standard InChI is InChI=1S/C10H6FNO4/c1-16-10(13)5-3-7-2-4-8(11)6-9(7)12(14)15/h2,4,6H,1H3. The summed E-state index contributed by atoms with van der Waals surface area (Å²) in [6.45, 7) is 0. The predicted molar refractivity (Wildman–Crippen MR) is 51.9 cm³/mol. The number of carbonyl (C=O) groups is 1. The van der Waals surface area contributed by atoms with Crippen molar-refractivity contribution in [3.8, 4) is 11.8 Å². The SMILES string of the molecule is COC(=O)C#Cc1ccc(F)cc1[N+](=O)[O-]. The molecule has 0 aromatic heterocycles. The Labute approximate surface area is 90.0 Å². The highest BCUT2D eigenvalue weighted by atomic mass is 19.1. The molecule has 0 unspecified atom stereocenters. The third-order valence-electron chi connectivity index (χ3n) is 1.64. The van der Waals surface area contributed by atoms with Crippen LogP contribution in [0.3, 0.4) is 0 Å². The summed E-state index contributed by atoms with van der Waals surface area (Å²) in [6, 6.07) is 2.89. The molecule has 1 aromatic rings. The van der Waals surface area contributed by atoms with Gasteiger partial charge in [-0.2, -0.15) is 0 Å². The first-order valence-electron chi connectivity index (χ1n) is 4.08. The lowest BCUT2D eigenvalue weighted by molar-refractivity contribution is -0.385. The Morgan fingerprint density at radius 2 is 2.25 bits per heavy atom. The summed E-state index contributed by atoms with van der Waals surface area (Å²) in [5.74, 6) is 2.70. The van der Waals surface area contributed by atoms with E-state index in [0.717, 1.165) is 25.3 Å². The molecular formula is C10H6FNO4. The zero-order valence-electron chi connectivity index (χ0n) is 8.19. The predicted octanol–water partition coefficient (Wildman–Crippen LogP) is 1.26. The van der Waals surface area contributed by atoms with E-state index < -0.39 is 22.4 Å². The van der Waals surface area contributed by atoms with Gasteiger partial charge in [-0.3, -0.25) is 10.1 Å². The van der Waals surface area contributed by atoms with Crippen LogP contribution in [0.5, 0.6) is 0 Å². The average molecular weight is 223 g/mol. The van der Waals surface area contributed by atoms with Crippen LogP contribution in [0.2, 0.25) is 0 Å². The number of benzene rings is 1. The number of nitro groups is 1. The molecule has 0 bridgehead atoms. The minimum atomic E-state index is -0.821. The second-order valence-electron chi connectivity index (χ2n) is 2.66. The monoisotopic (exact) mass is 223 g/mol. The van der Waals surface area contributed by atoms with Gasteiger partial charge in [0.05, 0.1) is 18.1 Å². The summed E-state index contributed by atoms with van der Waals surface area (Å²) >= 11 is 0. The van der Waals surface area contributed by atoms with Crippen LogP contribution in [0, 0.1) is 27.8 Å². The van der Waals surface area contributed by atoms with Crippen molar-refractivity contribution in [2.45, 2.75) is 0 Å². The summed E-state index contributed by atoms with van der Waals surface area (Å²) in [6.07, 6.45) is 0. The maximum Gasteiger partial charge on any atom is 0.384 e. The Balaban J connectivity index is 3.17. The van der Waals surface area contributed by atoms with E-state index in [0.29, 0.717) is 0 Å². The van der Waals surface area contributed by atoms with Gasteiger partial charge in [-0.1, -0.05) is 0 Å². The molecule has 1 rings (SSSR count). The maximum absolute atomic E-state index is 12.7. The number of ether oxygens (including phenoxy) is 1. The van der Waals surface area contributed by atoms with Gasteiger partial charge in [-0.25, -0.2) is 9.18 Å². The van der Waals surface area contributed by atoms with Crippen molar-refractivity contribution in [3.05, 3.63) is 39.7 Å². The Kier molecular flexibility index (Phi) is 3.56. The molecule has 5 nitrogen and oxygen atoms in total. The Bertz CT molecular complexity index is 501. The summed E-state index contributed by atoms with van der Waals surface area (Å²) in [7, 11) is 1.14. The van der Waals surface area contributed by atoms with E-state index in [1.54, 1.807) is 0 Å². The third-order valence-corrected chi connectivity index (χ3v) is 1.64. The molecule has 0 N–H and O–H groups in total. The highest BCUT2D eigenvalue weighted by molar-refractivity contribution is 5.89. The van der Waals surface area contributed by atoms with E-state index in [1.807, 2.05) is 5.92 Å². The summed E-state index contributed by atoms with van der Waals surface area (Å²) in [5, 5.41) is 10.5. The van der Waals surface area contributed by atoms with Crippen molar-refractivity contribution >= 4 is 11.7 Å². The van der Waals surface area contributed by atoms with Crippen molar-refractivity contribution in [2.24, 2.45) is 0 Å². The summed E-state index contributed by atoms with van der Waals surface area (Å²) < 4.78 is 17.0. The second kappa shape index (κ2) is 4.89. The van der Waals surface area contributed by atoms with Crippen LogP contribution >= 0.6 is 0 Å². The van der Waals surface area contributed by atoms with Crippen molar-refractivity contribution in [1.82, 2.24) is 0 Å². The van der Waals surface area contributed by atoms with E-state index in [1.165, 1.54) is 0 Å². The number of hydrogen-bond donors (Lipinski definition) is 0. The number of hydrogen-bond acceptors (Lipinski definition) is 4. The van der Waals surface area contributed by atoms with E-state index in [9.17, 15) is 19.3 Å². The van der Waals surface area contributed by atoms with Gasteiger partial charge in [0.25, 0.3) is 5.69 Å². The number of carbonyl (C=O) groups excluding carboxylic acids is 1. The molecule has 0 amide bonds. The normalized spacial score (nSPS) is 8.88. The molecule has 0 saturated carbocycles. The van der Waals surface area contributed by atoms with Crippen LogP contribution in [0.25, 0.3) is 0 Å². The number of rotatable bonds is 1. The number of methoxy groups -OCH3 is 1. The first kappa shape index (κ1) is 11.7. The van der Waals surface area contributed by atoms with Gasteiger partial charge >= 0.3 is 5.97 Å². The van der Waals surface area contributed by atoms with Gasteiger partial charge in [0.1, 0.15) is 11.4 Å². The highest BCUT2D eigenvalue weighted by Crippen LogP contribution is 2.18. The quantitative estimate of drug-likeness (QED) is 0.311. The zero-order valence-corrected chi connectivity index (χ0v) is 8.19. The molecule has 0 spiro atoms. The Morgan fingerprint density at radius 3 is 2.81 bits per heavy atom. The van der Waals surface area contributed by atoms with Gasteiger partial charge < -0.3 is 4.74 Å². The van der Waals surface area contributed by atoms with Crippen LogP contribution in [0.1, 0.15) is 5.56 Å². The number of nitrogens with zero attached hydrogens (tertiary/aromatic N) is 1. The fourth-order valence-corrected chi connectivity index (χ4v) is 0.931. The summed E-state index contributed by atoms with van der Waals surface area (Å²) in [5.41, 5.74) is -0.534. The topological polar surface area (TPSA) is 69.4 Å². The van der Waals surface area contributed by atoms with E-state index in [2.05, 4.69) is 10.7 Å². The van der Waals surface area contributed by atoms with Gasteiger partial charge in [0.15, 0.2) is 0 Å². The van der Waals surface area contributed by atoms with Crippen molar-refractivity contribution in [3.63, 3.8) is 0 Å². The van der Waals surface area contributed by atoms with Gasteiger partial charge in [0.2, 0.25) is 0 Å². The Hall–Kier alpha value is -2.42. The smallest absolute Gasteiger partial charge is 0.384 e. The molecule has 0 aliphatic carbocycles. The summed E-state index contributed by atoms with van der Waals surface area (Å²) in [4.78, 5) is 20.5. The molecule has 0 aliphatic heterocycles. The largest absolute Gasteiger partial charge is 0.459 e. The first-order valence-corrected chi connectivity index (χ1v) is 4.08. The van der Waals surface area contributed by atoms with Crippen LogP contribution in [0.4, 0.5) is 10.1 Å². The molecular weight excluding hydrogens is 217 g/mol. The van der Waals surface area contributed by atoms with Crippen LogP contribution in [-0.2, 0) is 9.53 Å². The highest BCUT2D eigenvalue weighted by Gasteiger charge is 2.13. The van der Waals surface area contributed by atoms with Crippen molar-refractivity contribution in [1.29, 1.82) is 0 Å². The molecule has 0 heterocycles. The number of nitro benzene ring substituents is 1. The lowest BCUT2D eigenvalue weighted by Crippen LogP contribution is -1.96. The molecule has 0 radical (unpaired) electrons. The zero-order chi connectivity index (χ0) is 12.1. The minimum Gasteiger partial charge on any atom is -0.459 e. The fraction of sp³-hybridized carbons (Fsp3) is 0.100. The number of halogens is 1. The van der Waals surface area contributed by atoms with Crippen LogP contribution < -0.4 is 0 Å². The second-order valence-corrected chi connectivity index (χ2v) is 2.66. The molecule has 82 valence electrons. The van der Waals surface area contributed by atoms with Gasteiger partial charge in [0, 0.05) is 5.92 Å². The molecule has 0 aliphatic rings. The lowest BCUT2D eigenvalue weighted by Gasteiger charge is -1.94. The molecule has 16 heavy (non-hydrogen) atoms. The van der Waals surface area contributed by atoms with Crippen molar-refractivity contribution in [2.75, 3.05) is 7.11 Å². The van der Waals surface area contributed by atoms with E-state index in [-0.39, 0.29) is 5.56 Å².